The molecule has 0 aromatic heterocycles. The van der Waals surface area contributed by atoms with Crippen LogP contribution in [0.25, 0.3) is 0 Å². The highest BCUT2D eigenvalue weighted by molar-refractivity contribution is 6.32. The Hall–Kier alpha value is -1.26. The van der Waals surface area contributed by atoms with Gasteiger partial charge in [0.15, 0.2) is 0 Å². The first-order chi connectivity index (χ1) is 8.90. The van der Waals surface area contributed by atoms with Gasteiger partial charge in [0.1, 0.15) is 5.75 Å². The lowest BCUT2D eigenvalue weighted by Gasteiger charge is -2.35. The highest BCUT2D eigenvalue weighted by Gasteiger charge is 2.37. The van der Waals surface area contributed by atoms with Crippen molar-refractivity contribution in [2.24, 2.45) is 11.7 Å². The van der Waals surface area contributed by atoms with Crippen LogP contribution in [0.3, 0.4) is 0 Å². The van der Waals surface area contributed by atoms with Crippen LogP contribution in [-0.2, 0) is 4.79 Å². The summed E-state index contributed by atoms with van der Waals surface area (Å²) in [5, 5.41) is 12.3. The molecular weight excluding hydrogens is 264 g/mol. The lowest BCUT2D eigenvalue weighted by Crippen LogP contribution is -2.53. The van der Waals surface area contributed by atoms with Crippen molar-refractivity contribution in [1.82, 2.24) is 0 Å². The summed E-state index contributed by atoms with van der Waals surface area (Å²) in [6.07, 6.45) is 3.50. The molecule has 0 saturated heterocycles. The zero-order valence-corrected chi connectivity index (χ0v) is 11.7. The third kappa shape index (κ3) is 3.19. The van der Waals surface area contributed by atoms with Gasteiger partial charge in [-0.2, -0.15) is 0 Å². The minimum absolute atomic E-state index is 0.00610. The Bertz CT molecular complexity index is 492. The average molecular weight is 283 g/mol. The quantitative estimate of drug-likeness (QED) is 0.730. The molecule has 1 aliphatic carbocycles. The highest BCUT2D eigenvalue weighted by Crippen LogP contribution is 2.32. The molecule has 0 radical (unpaired) electrons. The molecule has 104 valence electrons. The Balaban J connectivity index is 2.09. The molecule has 1 saturated carbocycles. The number of aromatic hydroxyl groups is 1. The summed E-state index contributed by atoms with van der Waals surface area (Å²) < 4.78 is 0. The number of anilines is 1. The Labute approximate surface area is 117 Å². The van der Waals surface area contributed by atoms with Gasteiger partial charge in [-0.25, -0.2) is 0 Å². The van der Waals surface area contributed by atoms with Gasteiger partial charge in [0.2, 0.25) is 5.91 Å². The second kappa shape index (κ2) is 5.39. The van der Waals surface area contributed by atoms with Gasteiger partial charge < -0.3 is 16.2 Å². The summed E-state index contributed by atoms with van der Waals surface area (Å²) in [5.74, 6) is 0.280. The number of nitrogens with two attached hydrogens (primary N) is 1. The molecule has 1 fully saturated rings. The van der Waals surface area contributed by atoms with Crippen LogP contribution in [0, 0.1) is 5.92 Å². The molecule has 0 heterocycles. The fourth-order valence-corrected chi connectivity index (χ4v) is 2.82. The largest absolute Gasteiger partial charge is 0.506 e. The first kappa shape index (κ1) is 14.2. The lowest BCUT2D eigenvalue weighted by atomic mass is 9.76. The lowest BCUT2D eigenvalue weighted by molar-refractivity contribution is -0.122. The van der Waals surface area contributed by atoms with Gasteiger partial charge in [-0.1, -0.05) is 31.4 Å². The van der Waals surface area contributed by atoms with Crippen LogP contribution < -0.4 is 11.1 Å². The normalized spacial score (nSPS) is 27.0. The van der Waals surface area contributed by atoms with Crippen LogP contribution in [0.5, 0.6) is 5.75 Å². The van der Waals surface area contributed by atoms with Crippen molar-refractivity contribution in [1.29, 1.82) is 0 Å². The van der Waals surface area contributed by atoms with Gasteiger partial charge >= 0.3 is 0 Å². The van der Waals surface area contributed by atoms with Gasteiger partial charge in [-0.05, 0) is 37.0 Å². The van der Waals surface area contributed by atoms with E-state index in [1.165, 1.54) is 12.1 Å². The van der Waals surface area contributed by atoms with Gasteiger partial charge in [-0.3, -0.25) is 4.79 Å². The van der Waals surface area contributed by atoms with Crippen LogP contribution in [0.2, 0.25) is 5.02 Å². The van der Waals surface area contributed by atoms with Crippen molar-refractivity contribution < 1.29 is 9.90 Å². The zero-order chi connectivity index (χ0) is 14.0. The molecule has 4 N–H and O–H groups in total. The van der Waals surface area contributed by atoms with E-state index in [4.69, 9.17) is 17.3 Å². The van der Waals surface area contributed by atoms with E-state index in [1.807, 2.05) is 0 Å². The standard InChI is InChI=1S/C14H19ClN2O2/c1-9-3-2-6-14(16,8-9)13(19)17-10-4-5-12(18)11(15)7-10/h4-5,7,9,18H,2-3,6,8,16H2,1H3,(H,17,19). The molecule has 4 nitrogen and oxygen atoms in total. The summed E-state index contributed by atoms with van der Waals surface area (Å²) in [4.78, 5) is 12.3. The van der Waals surface area contributed by atoms with Crippen molar-refractivity contribution in [3.05, 3.63) is 23.2 Å². The SMILES string of the molecule is CC1CCCC(N)(C(=O)Nc2ccc(O)c(Cl)c2)C1. The van der Waals surface area contributed by atoms with E-state index in [2.05, 4.69) is 12.2 Å². The summed E-state index contributed by atoms with van der Waals surface area (Å²) in [7, 11) is 0. The van der Waals surface area contributed by atoms with E-state index in [1.54, 1.807) is 6.07 Å². The van der Waals surface area contributed by atoms with Crippen molar-refractivity contribution in [2.75, 3.05) is 5.32 Å². The summed E-state index contributed by atoms with van der Waals surface area (Å²) in [5.41, 5.74) is 5.96. The Morgan fingerprint density at radius 1 is 1.58 bits per heavy atom. The maximum absolute atomic E-state index is 12.3. The fourth-order valence-electron chi connectivity index (χ4n) is 2.64. The molecule has 1 aliphatic rings. The number of benzene rings is 1. The Morgan fingerprint density at radius 3 is 2.95 bits per heavy atom. The number of rotatable bonds is 2. The van der Waals surface area contributed by atoms with Gasteiger partial charge in [0.25, 0.3) is 0 Å². The summed E-state index contributed by atoms with van der Waals surface area (Å²) >= 11 is 5.81. The number of phenols is 1. The van der Waals surface area contributed by atoms with E-state index >= 15 is 0 Å². The Morgan fingerprint density at radius 2 is 2.32 bits per heavy atom. The molecule has 5 heteroatoms. The van der Waals surface area contributed by atoms with Gasteiger partial charge in [-0.15, -0.1) is 0 Å². The molecule has 2 atom stereocenters. The topological polar surface area (TPSA) is 75.4 Å². The zero-order valence-electron chi connectivity index (χ0n) is 10.9. The van der Waals surface area contributed by atoms with Crippen LogP contribution >= 0.6 is 11.6 Å². The second-order valence-corrected chi connectivity index (χ2v) is 5.89. The third-order valence-corrected chi connectivity index (χ3v) is 3.99. The van der Waals surface area contributed by atoms with E-state index in [0.29, 0.717) is 24.4 Å². The minimum atomic E-state index is -0.804. The van der Waals surface area contributed by atoms with Crippen LogP contribution in [0.15, 0.2) is 18.2 Å². The predicted octanol–water partition coefficient (Wildman–Crippen LogP) is 2.89. The molecule has 0 spiro atoms. The molecule has 2 unspecified atom stereocenters. The van der Waals surface area contributed by atoms with E-state index in [9.17, 15) is 9.90 Å². The second-order valence-electron chi connectivity index (χ2n) is 5.48. The molecular formula is C14H19ClN2O2. The number of carbonyl (C=O) groups is 1. The number of phenolic OH excluding ortho intramolecular Hbond substituents is 1. The van der Waals surface area contributed by atoms with Crippen molar-refractivity contribution in [3.8, 4) is 5.75 Å². The molecule has 2 rings (SSSR count). The highest BCUT2D eigenvalue weighted by atomic mass is 35.5. The number of amides is 1. The van der Waals surface area contributed by atoms with Gasteiger partial charge in [0.05, 0.1) is 10.6 Å². The number of halogens is 1. The smallest absolute Gasteiger partial charge is 0.244 e. The van der Waals surface area contributed by atoms with E-state index in [0.717, 1.165) is 12.8 Å². The number of hydrogen-bond acceptors (Lipinski definition) is 3. The van der Waals surface area contributed by atoms with Crippen molar-refractivity contribution in [3.63, 3.8) is 0 Å². The summed E-state index contributed by atoms with van der Waals surface area (Å²) in [6, 6.07) is 4.57. The minimum Gasteiger partial charge on any atom is -0.506 e. The average Bonchev–Trinajstić information content (AvgIpc) is 2.33. The maximum Gasteiger partial charge on any atom is 0.244 e. The summed E-state index contributed by atoms with van der Waals surface area (Å²) in [6.45, 7) is 2.12. The van der Waals surface area contributed by atoms with Crippen molar-refractivity contribution >= 4 is 23.2 Å². The first-order valence-electron chi connectivity index (χ1n) is 6.49. The first-order valence-corrected chi connectivity index (χ1v) is 6.87. The maximum atomic E-state index is 12.3. The molecule has 0 aliphatic heterocycles. The molecule has 1 aromatic carbocycles. The van der Waals surface area contributed by atoms with E-state index < -0.39 is 5.54 Å². The predicted molar refractivity (Wildman–Crippen MR) is 76.3 cm³/mol. The van der Waals surface area contributed by atoms with Crippen molar-refractivity contribution in [2.45, 2.75) is 38.1 Å². The van der Waals surface area contributed by atoms with E-state index in [-0.39, 0.29) is 16.7 Å². The molecule has 19 heavy (non-hydrogen) atoms. The number of hydrogen-bond donors (Lipinski definition) is 3. The Kier molecular flexibility index (Phi) is 4.02. The van der Waals surface area contributed by atoms with Crippen LogP contribution in [-0.4, -0.2) is 16.6 Å². The molecule has 1 amide bonds. The fraction of sp³-hybridized carbons (Fsp3) is 0.500. The van der Waals surface area contributed by atoms with Gasteiger partial charge in [0, 0.05) is 5.69 Å². The molecule has 1 aromatic rings. The number of carbonyl (C=O) groups excluding carboxylic acids is 1. The number of nitrogens with one attached hydrogen (secondary N) is 1. The van der Waals surface area contributed by atoms with Crippen LogP contribution in [0.4, 0.5) is 5.69 Å². The third-order valence-electron chi connectivity index (χ3n) is 3.69. The monoisotopic (exact) mass is 282 g/mol. The van der Waals surface area contributed by atoms with Crippen LogP contribution in [0.1, 0.15) is 32.6 Å². The molecule has 0 bridgehead atoms.